The van der Waals surface area contributed by atoms with Gasteiger partial charge in [-0.15, -0.1) is 0 Å². The molecule has 0 unspecified atom stereocenters. The molecule has 1 amide bonds. The topological polar surface area (TPSA) is 67.2 Å². The molecule has 5 nitrogen and oxygen atoms in total. The number of phenols is 1. The van der Waals surface area contributed by atoms with Gasteiger partial charge in [0.2, 0.25) is 0 Å². The number of nitrogens with one attached hydrogen (secondary N) is 1. The Balaban J connectivity index is 1.92. The Bertz CT molecular complexity index is 575. The number of carbonyl (C=O) groups is 1. The van der Waals surface area contributed by atoms with Gasteiger partial charge in [0.15, 0.2) is 0 Å². The number of hydrogen-bond donors (Lipinski definition) is 2. The Kier molecular flexibility index (Phi) is 4.40. The van der Waals surface area contributed by atoms with Crippen LogP contribution in [0, 0.1) is 0 Å². The van der Waals surface area contributed by atoms with E-state index in [9.17, 15) is 9.90 Å². The minimum absolute atomic E-state index is 0.0111. The molecule has 1 aromatic heterocycles. The Morgan fingerprint density at radius 1 is 1.40 bits per heavy atom. The summed E-state index contributed by atoms with van der Waals surface area (Å²) in [6.07, 6.45) is 4.03. The molecule has 1 atom stereocenters. The lowest BCUT2D eigenvalue weighted by molar-refractivity contribution is 0.0940. The number of carbonyl (C=O) groups excluding carboxylic acids is 1. The maximum Gasteiger partial charge on any atom is 0.254 e. The smallest absolute Gasteiger partial charge is 0.254 e. The van der Waals surface area contributed by atoms with Crippen molar-refractivity contribution >= 4 is 5.91 Å². The SMILES string of the molecule is CCn1cc(C(=O)N[C@@H](C)Cc2ccc(O)cc2)cn1. The second-order valence-electron chi connectivity index (χ2n) is 4.83. The molecule has 5 heteroatoms. The maximum atomic E-state index is 12.0. The fourth-order valence-corrected chi connectivity index (χ4v) is 2.00. The predicted octanol–water partition coefficient (Wildman–Crippen LogP) is 1.97. The highest BCUT2D eigenvalue weighted by molar-refractivity contribution is 5.93. The molecule has 0 saturated heterocycles. The average Bonchev–Trinajstić information content (AvgIpc) is 2.90. The summed E-state index contributed by atoms with van der Waals surface area (Å²) in [6.45, 7) is 4.67. The van der Waals surface area contributed by atoms with Crippen LogP contribution in [0.15, 0.2) is 36.7 Å². The van der Waals surface area contributed by atoms with Gasteiger partial charge in [-0.3, -0.25) is 9.48 Å². The van der Waals surface area contributed by atoms with E-state index in [1.807, 2.05) is 26.0 Å². The zero-order valence-electron chi connectivity index (χ0n) is 11.7. The van der Waals surface area contributed by atoms with E-state index in [2.05, 4.69) is 10.4 Å². The summed E-state index contributed by atoms with van der Waals surface area (Å²) in [6, 6.07) is 7.02. The third-order valence-corrected chi connectivity index (χ3v) is 3.08. The van der Waals surface area contributed by atoms with Crippen LogP contribution in [0.25, 0.3) is 0 Å². The van der Waals surface area contributed by atoms with E-state index >= 15 is 0 Å². The largest absolute Gasteiger partial charge is 0.508 e. The molecule has 0 radical (unpaired) electrons. The lowest BCUT2D eigenvalue weighted by atomic mass is 10.1. The van der Waals surface area contributed by atoms with Crippen molar-refractivity contribution in [2.24, 2.45) is 0 Å². The minimum atomic E-state index is -0.115. The van der Waals surface area contributed by atoms with Crippen LogP contribution in [0.3, 0.4) is 0 Å². The molecular formula is C15H19N3O2. The number of nitrogens with zero attached hydrogens (tertiary/aromatic N) is 2. The molecule has 0 spiro atoms. The normalized spacial score (nSPS) is 12.1. The van der Waals surface area contributed by atoms with Crippen molar-refractivity contribution in [1.82, 2.24) is 15.1 Å². The lowest BCUT2D eigenvalue weighted by Crippen LogP contribution is -2.33. The second kappa shape index (κ2) is 6.23. The van der Waals surface area contributed by atoms with E-state index in [4.69, 9.17) is 0 Å². The number of aromatic nitrogens is 2. The highest BCUT2D eigenvalue weighted by Crippen LogP contribution is 2.11. The molecule has 0 bridgehead atoms. The average molecular weight is 273 g/mol. The van der Waals surface area contributed by atoms with Crippen LogP contribution in [0.4, 0.5) is 0 Å². The van der Waals surface area contributed by atoms with Crippen molar-refractivity contribution in [3.8, 4) is 5.75 Å². The molecule has 0 aliphatic rings. The third kappa shape index (κ3) is 3.60. The number of aromatic hydroxyl groups is 1. The van der Waals surface area contributed by atoms with Crippen molar-refractivity contribution in [2.45, 2.75) is 32.9 Å². The van der Waals surface area contributed by atoms with Gasteiger partial charge in [0, 0.05) is 18.8 Å². The van der Waals surface area contributed by atoms with Crippen molar-refractivity contribution in [2.75, 3.05) is 0 Å². The van der Waals surface area contributed by atoms with E-state index in [1.54, 1.807) is 29.2 Å². The first kappa shape index (κ1) is 14.1. The molecule has 0 aliphatic carbocycles. The molecular weight excluding hydrogens is 254 g/mol. The highest BCUT2D eigenvalue weighted by atomic mass is 16.3. The first-order valence-electron chi connectivity index (χ1n) is 6.69. The standard InChI is InChI=1S/C15H19N3O2/c1-3-18-10-13(9-16-18)15(20)17-11(2)8-12-4-6-14(19)7-5-12/h4-7,9-11,19H,3,8H2,1-2H3,(H,17,20)/t11-/m0/s1. The van der Waals surface area contributed by atoms with Crippen LogP contribution in [-0.4, -0.2) is 26.8 Å². The number of hydrogen-bond acceptors (Lipinski definition) is 3. The summed E-state index contributed by atoms with van der Waals surface area (Å²) in [5.74, 6) is 0.133. The second-order valence-corrected chi connectivity index (χ2v) is 4.83. The molecule has 20 heavy (non-hydrogen) atoms. The monoisotopic (exact) mass is 273 g/mol. The first-order chi connectivity index (χ1) is 9.58. The van der Waals surface area contributed by atoms with Gasteiger partial charge in [-0.1, -0.05) is 12.1 Å². The molecule has 0 saturated carbocycles. The zero-order valence-corrected chi connectivity index (χ0v) is 11.7. The zero-order chi connectivity index (χ0) is 14.5. The first-order valence-corrected chi connectivity index (χ1v) is 6.69. The van der Waals surface area contributed by atoms with E-state index in [0.717, 1.165) is 12.1 Å². The van der Waals surface area contributed by atoms with Crippen molar-refractivity contribution in [3.05, 3.63) is 47.8 Å². The van der Waals surface area contributed by atoms with Crippen LogP contribution in [0.2, 0.25) is 0 Å². The minimum Gasteiger partial charge on any atom is -0.508 e. The molecule has 1 aromatic carbocycles. The lowest BCUT2D eigenvalue weighted by Gasteiger charge is -2.13. The Morgan fingerprint density at radius 3 is 2.70 bits per heavy atom. The summed E-state index contributed by atoms with van der Waals surface area (Å²) in [4.78, 5) is 12.0. The van der Waals surface area contributed by atoms with Crippen LogP contribution in [0.5, 0.6) is 5.75 Å². The van der Waals surface area contributed by atoms with E-state index in [-0.39, 0.29) is 17.7 Å². The fourth-order valence-electron chi connectivity index (χ4n) is 2.00. The highest BCUT2D eigenvalue weighted by Gasteiger charge is 2.12. The van der Waals surface area contributed by atoms with Crippen molar-refractivity contribution in [1.29, 1.82) is 0 Å². The summed E-state index contributed by atoms with van der Waals surface area (Å²) >= 11 is 0. The summed E-state index contributed by atoms with van der Waals surface area (Å²) in [5.41, 5.74) is 1.64. The number of aryl methyl sites for hydroxylation is 1. The van der Waals surface area contributed by atoms with Gasteiger partial charge >= 0.3 is 0 Å². The Morgan fingerprint density at radius 2 is 2.10 bits per heavy atom. The van der Waals surface area contributed by atoms with E-state index < -0.39 is 0 Å². The Hall–Kier alpha value is -2.30. The maximum absolute atomic E-state index is 12.0. The van der Waals surface area contributed by atoms with Crippen LogP contribution in [0.1, 0.15) is 29.8 Å². The van der Waals surface area contributed by atoms with Gasteiger partial charge in [0.25, 0.3) is 5.91 Å². The molecule has 2 rings (SSSR count). The summed E-state index contributed by atoms with van der Waals surface area (Å²) in [5, 5.41) is 16.3. The summed E-state index contributed by atoms with van der Waals surface area (Å²) < 4.78 is 1.72. The van der Waals surface area contributed by atoms with Crippen LogP contribution >= 0.6 is 0 Å². The molecule has 0 aliphatic heterocycles. The van der Waals surface area contributed by atoms with Gasteiger partial charge in [0.05, 0.1) is 11.8 Å². The third-order valence-electron chi connectivity index (χ3n) is 3.08. The van der Waals surface area contributed by atoms with Gasteiger partial charge in [0.1, 0.15) is 5.75 Å². The Labute approximate surface area is 118 Å². The number of rotatable bonds is 5. The predicted molar refractivity (Wildman–Crippen MR) is 76.6 cm³/mol. The van der Waals surface area contributed by atoms with Gasteiger partial charge in [-0.2, -0.15) is 5.10 Å². The van der Waals surface area contributed by atoms with Gasteiger partial charge in [-0.25, -0.2) is 0 Å². The van der Waals surface area contributed by atoms with E-state index in [0.29, 0.717) is 12.0 Å². The molecule has 2 N–H and O–H groups in total. The molecule has 2 aromatic rings. The molecule has 1 heterocycles. The van der Waals surface area contributed by atoms with Gasteiger partial charge < -0.3 is 10.4 Å². The van der Waals surface area contributed by atoms with E-state index in [1.165, 1.54) is 0 Å². The van der Waals surface area contributed by atoms with Crippen molar-refractivity contribution < 1.29 is 9.90 Å². The van der Waals surface area contributed by atoms with Crippen molar-refractivity contribution in [3.63, 3.8) is 0 Å². The number of benzene rings is 1. The molecule has 106 valence electrons. The summed E-state index contributed by atoms with van der Waals surface area (Å²) in [7, 11) is 0. The molecule has 0 fully saturated rings. The van der Waals surface area contributed by atoms with Crippen LogP contribution in [-0.2, 0) is 13.0 Å². The van der Waals surface area contributed by atoms with Gasteiger partial charge in [-0.05, 0) is 38.0 Å². The number of amides is 1. The fraction of sp³-hybridized carbons (Fsp3) is 0.333. The number of phenolic OH excluding ortho intramolecular Hbond substituents is 1. The quantitative estimate of drug-likeness (QED) is 0.875. The van der Waals surface area contributed by atoms with Crippen LogP contribution < -0.4 is 5.32 Å².